The Labute approximate surface area is 149 Å². The Bertz CT molecular complexity index is 253. The summed E-state index contributed by atoms with van der Waals surface area (Å²) in [5.41, 5.74) is 0. The summed E-state index contributed by atoms with van der Waals surface area (Å²) in [5, 5.41) is 6.85. The Morgan fingerprint density at radius 3 is 2.19 bits per heavy atom. The largest absolute Gasteiger partial charge is 0.356 e. The molecule has 0 heterocycles. The number of aliphatic imine (C=N–C) groups is 1. The fourth-order valence-corrected chi connectivity index (χ4v) is 2.14. The van der Waals surface area contributed by atoms with Gasteiger partial charge in [-0.25, -0.2) is 0 Å². The lowest BCUT2D eigenvalue weighted by atomic mass is 10.1. The molecular formula is C16H37IN4. The van der Waals surface area contributed by atoms with Crippen LogP contribution in [0.5, 0.6) is 0 Å². The molecule has 0 fully saturated rings. The Morgan fingerprint density at radius 1 is 1.10 bits per heavy atom. The van der Waals surface area contributed by atoms with Crippen LogP contribution in [0.25, 0.3) is 0 Å². The summed E-state index contributed by atoms with van der Waals surface area (Å²) in [7, 11) is 1.84. The van der Waals surface area contributed by atoms with Crippen molar-refractivity contribution >= 4 is 29.9 Å². The smallest absolute Gasteiger partial charge is 0.191 e. The maximum Gasteiger partial charge on any atom is 0.191 e. The molecule has 0 radical (unpaired) electrons. The van der Waals surface area contributed by atoms with E-state index in [2.05, 4.69) is 55.1 Å². The van der Waals surface area contributed by atoms with E-state index >= 15 is 0 Å². The second-order valence-corrected chi connectivity index (χ2v) is 5.90. The van der Waals surface area contributed by atoms with Crippen LogP contribution in [0.2, 0.25) is 0 Å². The maximum absolute atomic E-state index is 4.28. The van der Waals surface area contributed by atoms with E-state index in [9.17, 15) is 0 Å². The number of hydrogen-bond donors (Lipinski definition) is 2. The molecule has 5 heteroatoms. The van der Waals surface area contributed by atoms with Crippen molar-refractivity contribution in [2.24, 2.45) is 10.9 Å². The van der Waals surface area contributed by atoms with E-state index in [1.54, 1.807) is 0 Å². The van der Waals surface area contributed by atoms with Crippen LogP contribution in [0, 0.1) is 5.92 Å². The summed E-state index contributed by atoms with van der Waals surface area (Å²) in [4.78, 5) is 6.76. The maximum atomic E-state index is 4.28. The normalized spacial score (nSPS) is 13.2. The highest BCUT2D eigenvalue weighted by molar-refractivity contribution is 14.0. The van der Waals surface area contributed by atoms with E-state index in [-0.39, 0.29) is 24.0 Å². The SMILES string of the molecule is CCN(CC)CCCC(C)NC(=NC)NCCC(C)C.I. The zero-order valence-electron chi connectivity index (χ0n) is 14.9. The van der Waals surface area contributed by atoms with Crippen LogP contribution in [-0.4, -0.2) is 50.1 Å². The summed E-state index contributed by atoms with van der Waals surface area (Å²) in [5.74, 6) is 1.66. The number of nitrogens with one attached hydrogen (secondary N) is 2. The van der Waals surface area contributed by atoms with Crippen LogP contribution >= 0.6 is 24.0 Å². The molecule has 0 rings (SSSR count). The van der Waals surface area contributed by atoms with Crippen molar-refractivity contribution in [1.82, 2.24) is 15.5 Å². The average Bonchev–Trinajstić information content (AvgIpc) is 2.42. The van der Waals surface area contributed by atoms with Gasteiger partial charge in [0.05, 0.1) is 0 Å². The van der Waals surface area contributed by atoms with Gasteiger partial charge in [0.15, 0.2) is 5.96 Å². The molecule has 1 unspecified atom stereocenters. The Kier molecular flexibility index (Phi) is 16.5. The molecular weight excluding hydrogens is 375 g/mol. The third kappa shape index (κ3) is 13.4. The van der Waals surface area contributed by atoms with Gasteiger partial charge in [-0.2, -0.15) is 0 Å². The Hall–Kier alpha value is -0.0400. The van der Waals surface area contributed by atoms with Gasteiger partial charge in [-0.15, -0.1) is 24.0 Å². The van der Waals surface area contributed by atoms with Crippen molar-refractivity contribution in [3.8, 4) is 0 Å². The molecule has 0 aliphatic heterocycles. The minimum Gasteiger partial charge on any atom is -0.356 e. The summed E-state index contributed by atoms with van der Waals surface area (Å²) in [6, 6.07) is 0.468. The van der Waals surface area contributed by atoms with Crippen LogP contribution in [0.1, 0.15) is 53.9 Å². The minimum absolute atomic E-state index is 0. The average molecular weight is 412 g/mol. The Balaban J connectivity index is 0. The summed E-state index contributed by atoms with van der Waals surface area (Å²) in [6.07, 6.45) is 3.59. The lowest BCUT2D eigenvalue weighted by molar-refractivity contribution is 0.292. The van der Waals surface area contributed by atoms with Gasteiger partial charge in [-0.3, -0.25) is 4.99 Å². The van der Waals surface area contributed by atoms with E-state index in [1.807, 2.05) is 7.05 Å². The quantitative estimate of drug-likeness (QED) is 0.329. The minimum atomic E-state index is 0. The van der Waals surface area contributed by atoms with E-state index in [0.717, 1.165) is 31.5 Å². The molecule has 0 spiro atoms. The van der Waals surface area contributed by atoms with Crippen molar-refractivity contribution in [3.63, 3.8) is 0 Å². The predicted octanol–water partition coefficient (Wildman–Crippen LogP) is 3.33. The van der Waals surface area contributed by atoms with Gasteiger partial charge in [-0.1, -0.05) is 27.7 Å². The third-order valence-corrected chi connectivity index (χ3v) is 3.63. The van der Waals surface area contributed by atoms with E-state index in [1.165, 1.54) is 25.8 Å². The van der Waals surface area contributed by atoms with Gasteiger partial charge in [0.2, 0.25) is 0 Å². The number of nitrogens with zero attached hydrogens (tertiary/aromatic N) is 2. The first-order valence-electron chi connectivity index (χ1n) is 8.22. The molecule has 0 aromatic heterocycles. The van der Waals surface area contributed by atoms with Crippen molar-refractivity contribution in [3.05, 3.63) is 0 Å². The first kappa shape index (κ1) is 23.2. The number of halogens is 1. The van der Waals surface area contributed by atoms with Gasteiger partial charge in [0.25, 0.3) is 0 Å². The lowest BCUT2D eigenvalue weighted by Crippen LogP contribution is -2.43. The molecule has 2 N–H and O–H groups in total. The Morgan fingerprint density at radius 2 is 1.71 bits per heavy atom. The van der Waals surface area contributed by atoms with Crippen LogP contribution in [0.3, 0.4) is 0 Å². The summed E-state index contributed by atoms with van der Waals surface area (Å²) in [6.45, 7) is 15.7. The van der Waals surface area contributed by atoms with Gasteiger partial charge in [-0.05, 0) is 51.7 Å². The fourth-order valence-electron chi connectivity index (χ4n) is 2.14. The predicted molar refractivity (Wildman–Crippen MR) is 106 cm³/mol. The second-order valence-electron chi connectivity index (χ2n) is 5.90. The van der Waals surface area contributed by atoms with Crippen molar-refractivity contribution < 1.29 is 0 Å². The van der Waals surface area contributed by atoms with Gasteiger partial charge in [0.1, 0.15) is 0 Å². The molecule has 0 aromatic rings. The highest BCUT2D eigenvalue weighted by atomic mass is 127. The molecule has 1 atom stereocenters. The van der Waals surface area contributed by atoms with E-state index in [0.29, 0.717) is 6.04 Å². The zero-order valence-corrected chi connectivity index (χ0v) is 17.2. The number of hydrogen-bond acceptors (Lipinski definition) is 2. The van der Waals surface area contributed by atoms with Gasteiger partial charge in [0, 0.05) is 19.6 Å². The lowest BCUT2D eigenvalue weighted by Gasteiger charge is -2.21. The second kappa shape index (κ2) is 14.9. The van der Waals surface area contributed by atoms with Crippen LogP contribution in [0.4, 0.5) is 0 Å². The molecule has 0 aliphatic carbocycles. The molecule has 0 amide bonds. The number of guanidine groups is 1. The molecule has 0 saturated heterocycles. The molecule has 0 aromatic carbocycles. The molecule has 21 heavy (non-hydrogen) atoms. The van der Waals surface area contributed by atoms with Crippen molar-refractivity contribution in [2.45, 2.75) is 59.9 Å². The highest BCUT2D eigenvalue weighted by Crippen LogP contribution is 2.00. The molecule has 128 valence electrons. The van der Waals surface area contributed by atoms with Crippen LogP contribution in [0.15, 0.2) is 4.99 Å². The standard InChI is InChI=1S/C16H36N4.HI/c1-7-20(8-2)13-9-10-15(5)19-16(17-6)18-12-11-14(3)4;/h14-15H,7-13H2,1-6H3,(H2,17,18,19);1H. The molecule has 0 saturated carbocycles. The van der Waals surface area contributed by atoms with E-state index in [4.69, 9.17) is 0 Å². The van der Waals surface area contributed by atoms with Gasteiger partial charge >= 0.3 is 0 Å². The monoisotopic (exact) mass is 412 g/mol. The van der Waals surface area contributed by atoms with Crippen molar-refractivity contribution in [1.29, 1.82) is 0 Å². The molecule has 0 aliphatic rings. The molecule has 0 bridgehead atoms. The van der Waals surface area contributed by atoms with Gasteiger partial charge < -0.3 is 15.5 Å². The molecule has 4 nitrogen and oxygen atoms in total. The first-order valence-corrected chi connectivity index (χ1v) is 8.22. The third-order valence-electron chi connectivity index (χ3n) is 3.63. The van der Waals surface area contributed by atoms with Crippen molar-refractivity contribution in [2.75, 3.05) is 33.2 Å². The zero-order chi connectivity index (χ0) is 15.4. The summed E-state index contributed by atoms with van der Waals surface area (Å²) >= 11 is 0. The fraction of sp³-hybridized carbons (Fsp3) is 0.938. The highest BCUT2D eigenvalue weighted by Gasteiger charge is 2.06. The van der Waals surface area contributed by atoms with Crippen LogP contribution < -0.4 is 10.6 Å². The first-order chi connectivity index (χ1) is 9.53. The number of rotatable bonds is 10. The van der Waals surface area contributed by atoms with E-state index < -0.39 is 0 Å². The topological polar surface area (TPSA) is 39.7 Å². The van der Waals surface area contributed by atoms with Crippen LogP contribution in [-0.2, 0) is 0 Å². The summed E-state index contributed by atoms with van der Waals surface area (Å²) < 4.78 is 0.